The van der Waals surface area contributed by atoms with E-state index in [1.54, 1.807) is 29.8 Å². The Labute approximate surface area is 131 Å². The summed E-state index contributed by atoms with van der Waals surface area (Å²) in [4.78, 5) is 16.3. The van der Waals surface area contributed by atoms with E-state index in [-0.39, 0.29) is 12.5 Å². The number of thiazole rings is 1. The highest BCUT2D eigenvalue weighted by Gasteiger charge is 2.13. The molecule has 0 aliphatic heterocycles. The molecule has 0 bridgehead atoms. The standard InChI is InChI=1S/C16H14N2O3S/c19-14(15-2-1-7-21-15)8-17-16(20)12-5-3-11(4-6-12)13-9-22-10-18-13/h1-7,9-10,14,19H,8H2,(H,17,20). The minimum Gasteiger partial charge on any atom is -0.467 e. The van der Waals surface area contributed by atoms with Crippen LogP contribution in [-0.2, 0) is 0 Å². The highest BCUT2D eigenvalue weighted by molar-refractivity contribution is 7.07. The summed E-state index contributed by atoms with van der Waals surface area (Å²) in [6.07, 6.45) is 0.630. The molecule has 1 amide bonds. The number of amides is 1. The highest BCUT2D eigenvalue weighted by atomic mass is 32.1. The van der Waals surface area contributed by atoms with Gasteiger partial charge in [0.25, 0.3) is 5.91 Å². The maximum Gasteiger partial charge on any atom is 0.251 e. The number of nitrogens with one attached hydrogen (secondary N) is 1. The normalized spacial score (nSPS) is 12.0. The van der Waals surface area contributed by atoms with Gasteiger partial charge in [-0.25, -0.2) is 4.98 Å². The first-order valence-electron chi connectivity index (χ1n) is 6.72. The van der Waals surface area contributed by atoms with Crippen LogP contribution in [-0.4, -0.2) is 22.5 Å². The molecule has 6 heteroatoms. The van der Waals surface area contributed by atoms with Crippen molar-refractivity contribution in [2.45, 2.75) is 6.10 Å². The molecule has 0 fully saturated rings. The van der Waals surface area contributed by atoms with Crippen LogP contribution in [0.3, 0.4) is 0 Å². The van der Waals surface area contributed by atoms with Gasteiger partial charge < -0.3 is 14.8 Å². The average molecular weight is 314 g/mol. The van der Waals surface area contributed by atoms with E-state index < -0.39 is 6.10 Å². The van der Waals surface area contributed by atoms with Crippen molar-refractivity contribution < 1.29 is 14.3 Å². The molecular weight excluding hydrogens is 300 g/mol. The molecule has 112 valence electrons. The smallest absolute Gasteiger partial charge is 0.251 e. The predicted molar refractivity (Wildman–Crippen MR) is 83.6 cm³/mol. The van der Waals surface area contributed by atoms with Gasteiger partial charge in [0.2, 0.25) is 0 Å². The van der Waals surface area contributed by atoms with Crippen LogP contribution >= 0.6 is 11.3 Å². The van der Waals surface area contributed by atoms with E-state index in [1.165, 1.54) is 17.6 Å². The number of benzene rings is 1. The first-order valence-corrected chi connectivity index (χ1v) is 7.66. The molecule has 2 N–H and O–H groups in total. The number of carbonyl (C=O) groups is 1. The van der Waals surface area contributed by atoms with E-state index in [0.29, 0.717) is 11.3 Å². The van der Waals surface area contributed by atoms with Crippen molar-refractivity contribution in [1.29, 1.82) is 0 Å². The second-order valence-corrected chi connectivity index (χ2v) is 5.41. The van der Waals surface area contributed by atoms with Gasteiger partial charge in [0.05, 0.1) is 24.0 Å². The van der Waals surface area contributed by atoms with Crippen molar-refractivity contribution >= 4 is 17.2 Å². The number of hydrogen-bond donors (Lipinski definition) is 2. The van der Waals surface area contributed by atoms with Crippen molar-refractivity contribution in [2.24, 2.45) is 0 Å². The molecule has 1 unspecified atom stereocenters. The van der Waals surface area contributed by atoms with Gasteiger partial charge in [-0.15, -0.1) is 11.3 Å². The Morgan fingerprint density at radius 1 is 1.32 bits per heavy atom. The Kier molecular flexibility index (Phi) is 4.32. The van der Waals surface area contributed by atoms with E-state index in [1.807, 2.05) is 17.5 Å². The number of aliphatic hydroxyl groups excluding tert-OH is 1. The van der Waals surface area contributed by atoms with Crippen LogP contribution in [0.5, 0.6) is 0 Å². The van der Waals surface area contributed by atoms with Crippen molar-refractivity contribution in [2.75, 3.05) is 6.54 Å². The van der Waals surface area contributed by atoms with Gasteiger partial charge in [0, 0.05) is 16.5 Å². The fourth-order valence-corrected chi connectivity index (χ4v) is 2.58. The maximum atomic E-state index is 12.1. The topological polar surface area (TPSA) is 75.4 Å². The van der Waals surface area contributed by atoms with Crippen LogP contribution in [0.25, 0.3) is 11.3 Å². The molecule has 0 spiro atoms. The molecule has 0 aliphatic rings. The summed E-state index contributed by atoms with van der Waals surface area (Å²) in [7, 11) is 0. The molecule has 0 saturated carbocycles. The Morgan fingerprint density at radius 3 is 2.77 bits per heavy atom. The molecule has 22 heavy (non-hydrogen) atoms. The van der Waals surface area contributed by atoms with E-state index in [0.717, 1.165) is 11.3 Å². The predicted octanol–water partition coefficient (Wildman–Crippen LogP) is 2.87. The van der Waals surface area contributed by atoms with Crippen LogP contribution in [0.15, 0.2) is 58.0 Å². The molecule has 0 radical (unpaired) electrons. The number of nitrogens with zero attached hydrogens (tertiary/aromatic N) is 1. The van der Waals surface area contributed by atoms with Crippen molar-refractivity contribution in [3.05, 3.63) is 64.9 Å². The second-order valence-electron chi connectivity index (χ2n) is 4.69. The SMILES string of the molecule is O=C(NCC(O)c1ccco1)c1ccc(-c2cscn2)cc1. The molecule has 0 aliphatic carbocycles. The minimum atomic E-state index is -0.853. The van der Waals surface area contributed by atoms with E-state index in [9.17, 15) is 9.90 Å². The molecule has 2 aromatic heterocycles. The lowest BCUT2D eigenvalue weighted by Crippen LogP contribution is -2.28. The Bertz CT molecular complexity index is 721. The first-order chi connectivity index (χ1) is 10.7. The number of rotatable bonds is 5. The summed E-state index contributed by atoms with van der Waals surface area (Å²) < 4.78 is 5.08. The molecule has 5 nitrogen and oxygen atoms in total. The monoisotopic (exact) mass is 314 g/mol. The van der Waals surface area contributed by atoms with Gasteiger partial charge in [0.15, 0.2) is 0 Å². The summed E-state index contributed by atoms with van der Waals surface area (Å²) in [5.41, 5.74) is 4.16. The molecule has 2 heterocycles. The fourth-order valence-electron chi connectivity index (χ4n) is 2.02. The lowest BCUT2D eigenvalue weighted by atomic mass is 10.1. The Hall–Kier alpha value is -2.44. The van der Waals surface area contributed by atoms with Gasteiger partial charge in [-0.3, -0.25) is 4.79 Å². The van der Waals surface area contributed by atoms with E-state index in [4.69, 9.17) is 4.42 Å². The van der Waals surface area contributed by atoms with Gasteiger partial charge >= 0.3 is 0 Å². The number of carbonyl (C=O) groups excluding carboxylic acids is 1. The minimum absolute atomic E-state index is 0.0974. The third-order valence-corrected chi connectivity index (χ3v) is 3.79. The largest absolute Gasteiger partial charge is 0.467 e. The maximum absolute atomic E-state index is 12.1. The van der Waals surface area contributed by atoms with Gasteiger partial charge in [-0.2, -0.15) is 0 Å². The lowest BCUT2D eigenvalue weighted by molar-refractivity contribution is 0.0901. The molecular formula is C16H14N2O3S. The van der Waals surface area contributed by atoms with Gasteiger partial charge in [-0.1, -0.05) is 12.1 Å². The Balaban J connectivity index is 1.60. The third kappa shape index (κ3) is 3.24. The van der Waals surface area contributed by atoms with Crippen LogP contribution in [0, 0.1) is 0 Å². The van der Waals surface area contributed by atoms with Crippen molar-refractivity contribution in [3.63, 3.8) is 0 Å². The van der Waals surface area contributed by atoms with Gasteiger partial charge in [0.1, 0.15) is 11.9 Å². The van der Waals surface area contributed by atoms with Crippen LogP contribution in [0.4, 0.5) is 0 Å². The summed E-state index contributed by atoms with van der Waals surface area (Å²) >= 11 is 1.53. The zero-order valence-electron chi connectivity index (χ0n) is 11.6. The van der Waals surface area contributed by atoms with Crippen molar-refractivity contribution in [1.82, 2.24) is 10.3 Å². The molecule has 1 atom stereocenters. The summed E-state index contributed by atoms with van der Waals surface area (Å²) in [6.45, 7) is 0.0974. The molecule has 1 aromatic carbocycles. The van der Waals surface area contributed by atoms with E-state index >= 15 is 0 Å². The Morgan fingerprint density at radius 2 is 2.14 bits per heavy atom. The van der Waals surface area contributed by atoms with Crippen LogP contribution in [0.1, 0.15) is 22.2 Å². The zero-order valence-corrected chi connectivity index (χ0v) is 12.4. The average Bonchev–Trinajstić information content (AvgIpc) is 3.25. The second kappa shape index (κ2) is 6.55. The highest BCUT2D eigenvalue weighted by Crippen LogP contribution is 2.19. The first kappa shape index (κ1) is 14.5. The fraction of sp³-hybridized carbons (Fsp3) is 0.125. The molecule has 3 aromatic rings. The number of furan rings is 1. The molecule has 0 saturated heterocycles. The lowest BCUT2D eigenvalue weighted by Gasteiger charge is -2.09. The summed E-state index contributed by atoms with van der Waals surface area (Å²) in [6, 6.07) is 10.5. The van der Waals surface area contributed by atoms with Crippen LogP contribution in [0.2, 0.25) is 0 Å². The summed E-state index contributed by atoms with van der Waals surface area (Å²) in [5.74, 6) is 0.189. The number of aromatic nitrogens is 1. The third-order valence-electron chi connectivity index (χ3n) is 3.20. The van der Waals surface area contributed by atoms with Crippen LogP contribution < -0.4 is 5.32 Å². The van der Waals surface area contributed by atoms with Crippen molar-refractivity contribution in [3.8, 4) is 11.3 Å². The zero-order chi connectivity index (χ0) is 15.4. The van der Waals surface area contributed by atoms with E-state index in [2.05, 4.69) is 10.3 Å². The number of hydrogen-bond acceptors (Lipinski definition) is 5. The molecule has 3 rings (SSSR count). The van der Waals surface area contributed by atoms with Gasteiger partial charge in [-0.05, 0) is 24.3 Å². The number of aliphatic hydroxyl groups is 1. The summed E-state index contributed by atoms with van der Waals surface area (Å²) in [5, 5.41) is 14.5. The quantitative estimate of drug-likeness (QED) is 0.759.